The van der Waals surface area contributed by atoms with Crippen molar-refractivity contribution in [2.24, 2.45) is 9.98 Å². The number of halogens is 3. The monoisotopic (exact) mass is 738 g/mol. The molecule has 0 spiro atoms. The highest BCUT2D eigenvalue weighted by atomic mass is 19.4. The number of hydrogen-bond donors (Lipinski definition) is 1. The maximum atomic E-state index is 14.7. The number of allylic oxidation sites excluding steroid dienone is 4. The van der Waals surface area contributed by atoms with E-state index < -0.39 is 11.7 Å². The highest BCUT2D eigenvalue weighted by Gasteiger charge is 2.36. The zero-order valence-electron chi connectivity index (χ0n) is 31.1. The van der Waals surface area contributed by atoms with E-state index >= 15 is 0 Å². The first-order valence-corrected chi connectivity index (χ1v) is 18.6. The standard InChI is InChI=1S/C49H37F3N4/c1-30-26-31(2)45(32(3)27-30)35-22-25-44-40(28-35)39-19-11-13-21-43(39)56(44)36-23-24-37(38-18-10-12-20-42(38)49(50,51)52)41(29-36)48-54-46(33-14-6-4-7-15-33)53-47(55-48)34-16-8-5-9-17-34/h4-17,19-29H,18H2,1-3H3,(H,53,54,55). The molecule has 1 aromatic heterocycles. The van der Waals surface area contributed by atoms with E-state index in [2.05, 4.69) is 73.1 Å². The highest BCUT2D eigenvalue weighted by molar-refractivity contribution is 6.16. The van der Waals surface area contributed by atoms with Crippen LogP contribution in [0.25, 0.3) is 50.0 Å². The van der Waals surface area contributed by atoms with Crippen molar-refractivity contribution in [1.82, 2.24) is 9.88 Å². The smallest absolute Gasteiger partial charge is 0.324 e. The molecular weight excluding hydrogens is 702 g/mol. The van der Waals surface area contributed by atoms with Crippen LogP contribution in [-0.2, 0) is 0 Å². The van der Waals surface area contributed by atoms with E-state index in [1.54, 1.807) is 6.08 Å². The maximum absolute atomic E-state index is 14.7. The van der Waals surface area contributed by atoms with E-state index in [9.17, 15) is 13.2 Å². The lowest BCUT2D eigenvalue weighted by molar-refractivity contribution is -0.0874. The van der Waals surface area contributed by atoms with E-state index in [1.165, 1.54) is 28.3 Å². The molecule has 0 saturated heterocycles. The Labute approximate surface area is 322 Å². The molecule has 1 N–H and O–H groups in total. The van der Waals surface area contributed by atoms with E-state index in [0.717, 1.165) is 50.3 Å². The van der Waals surface area contributed by atoms with Crippen molar-refractivity contribution in [2.45, 2.75) is 33.4 Å². The molecule has 4 nitrogen and oxygen atoms in total. The van der Waals surface area contributed by atoms with Crippen LogP contribution in [0.3, 0.4) is 0 Å². The summed E-state index contributed by atoms with van der Waals surface area (Å²) in [6.45, 7) is 6.43. The second-order valence-electron chi connectivity index (χ2n) is 14.4. The van der Waals surface area contributed by atoms with Gasteiger partial charge in [0.05, 0.1) is 16.6 Å². The third-order valence-electron chi connectivity index (χ3n) is 10.6. The van der Waals surface area contributed by atoms with Crippen LogP contribution in [0.4, 0.5) is 13.2 Å². The van der Waals surface area contributed by atoms with Crippen molar-refractivity contribution in [3.05, 3.63) is 196 Å². The van der Waals surface area contributed by atoms with Crippen LogP contribution in [0.5, 0.6) is 0 Å². The SMILES string of the molecule is Cc1cc(C)c(-c2ccc3c(c2)c2ccccc2n3-c2ccc(=C3CC=CC=C3C(F)(F)F)c(=C3N=C(c4ccccc4)N=C(c4ccccc4)N3)c2)c(C)c1. The third-order valence-corrected chi connectivity index (χ3v) is 10.6. The predicted octanol–water partition coefficient (Wildman–Crippen LogP) is 10.5. The molecule has 0 atom stereocenters. The Morgan fingerprint density at radius 3 is 2.04 bits per heavy atom. The zero-order valence-corrected chi connectivity index (χ0v) is 31.1. The van der Waals surface area contributed by atoms with Gasteiger partial charge in [-0.3, -0.25) is 0 Å². The van der Waals surface area contributed by atoms with Crippen LogP contribution < -0.4 is 15.8 Å². The molecule has 9 rings (SSSR count). The summed E-state index contributed by atoms with van der Waals surface area (Å²) >= 11 is 0. The largest absolute Gasteiger partial charge is 0.416 e. The number of para-hydroxylation sites is 1. The minimum Gasteiger partial charge on any atom is -0.324 e. The minimum absolute atomic E-state index is 0.121. The van der Waals surface area contributed by atoms with Gasteiger partial charge in [0.1, 0.15) is 11.7 Å². The number of nitrogens with one attached hydrogen (secondary N) is 1. The second-order valence-corrected chi connectivity index (χ2v) is 14.4. The van der Waals surface area contributed by atoms with Crippen LogP contribution in [0.1, 0.15) is 34.2 Å². The summed E-state index contributed by atoms with van der Waals surface area (Å²) in [5.41, 5.74) is 9.94. The topological polar surface area (TPSA) is 41.7 Å². The molecule has 2 aliphatic rings. The van der Waals surface area contributed by atoms with Gasteiger partial charge in [0.25, 0.3) is 0 Å². The summed E-state index contributed by atoms with van der Waals surface area (Å²) in [6, 6.07) is 44.3. The Morgan fingerprint density at radius 2 is 1.30 bits per heavy atom. The Kier molecular flexibility index (Phi) is 8.65. The van der Waals surface area contributed by atoms with Crippen molar-refractivity contribution in [3.8, 4) is 16.8 Å². The lowest BCUT2D eigenvalue weighted by Crippen LogP contribution is -2.39. The van der Waals surface area contributed by atoms with Crippen molar-refractivity contribution in [1.29, 1.82) is 0 Å². The molecule has 0 unspecified atom stereocenters. The number of aryl methyl sites for hydroxylation is 3. The molecule has 0 fully saturated rings. The first-order valence-electron chi connectivity index (χ1n) is 18.6. The van der Waals surface area contributed by atoms with Gasteiger partial charge < -0.3 is 9.88 Å². The fourth-order valence-corrected chi connectivity index (χ4v) is 8.24. The molecule has 2 heterocycles. The molecule has 0 amide bonds. The quantitative estimate of drug-likeness (QED) is 0.192. The number of fused-ring (bicyclic) bond motifs is 3. The summed E-state index contributed by atoms with van der Waals surface area (Å²) < 4.78 is 46.3. The van der Waals surface area contributed by atoms with E-state index in [1.807, 2.05) is 91.0 Å². The Balaban J connectivity index is 1.35. The van der Waals surface area contributed by atoms with Gasteiger partial charge in [-0.05, 0) is 90.6 Å². The second kappa shape index (κ2) is 13.8. The highest BCUT2D eigenvalue weighted by Crippen LogP contribution is 2.38. The van der Waals surface area contributed by atoms with Crippen molar-refractivity contribution >= 4 is 44.9 Å². The number of nitrogens with zero attached hydrogens (tertiary/aromatic N) is 3. The molecule has 6 aromatic carbocycles. The van der Waals surface area contributed by atoms with Crippen LogP contribution in [0.2, 0.25) is 0 Å². The van der Waals surface area contributed by atoms with Gasteiger partial charge in [-0.1, -0.05) is 127 Å². The fraction of sp³-hybridized carbons (Fsp3) is 0.102. The molecule has 0 bridgehead atoms. The Hall–Kier alpha value is -6.73. The molecule has 274 valence electrons. The van der Waals surface area contributed by atoms with Gasteiger partial charge in [0.2, 0.25) is 0 Å². The number of aliphatic imine (C=N–C) groups is 2. The fourth-order valence-electron chi connectivity index (χ4n) is 8.24. The summed E-state index contributed by atoms with van der Waals surface area (Å²) in [6.07, 6.45) is -0.0274. The number of amidine groups is 2. The molecule has 1 aliphatic carbocycles. The minimum atomic E-state index is -4.55. The van der Waals surface area contributed by atoms with E-state index in [4.69, 9.17) is 9.98 Å². The van der Waals surface area contributed by atoms with E-state index in [0.29, 0.717) is 27.9 Å². The normalized spacial score (nSPS) is 16.4. The first-order chi connectivity index (χ1) is 27.1. The van der Waals surface area contributed by atoms with Crippen molar-refractivity contribution in [2.75, 3.05) is 0 Å². The molecule has 1 aliphatic heterocycles. The zero-order chi connectivity index (χ0) is 38.6. The molecule has 0 radical (unpaired) electrons. The maximum Gasteiger partial charge on any atom is 0.416 e. The van der Waals surface area contributed by atoms with Gasteiger partial charge in [-0.2, -0.15) is 13.2 Å². The molecule has 7 heteroatoms. The van der Waals surface area contributed by atoms with Gasteiger partial charge >= 0.3 is 6.18 Å². The first kappa shape index (κ1) is 35.0. The molecule has 56 heavy (non-hydrogen) atoms. The summed E-state index contributed by atoms with van der Waals surface area (Å²) in [7, 11) is 0. The van der Waals surface area contributed by atoms with Crippen LogP contribution in [-0.4, -0.2) is 22.4 Å². The predicted molar refractivity (Wildman–Crippen MR) is 223 cm³/mol. The average Bonchev–Trinajstić information content (AvgIpc) is 3.54. The van der Waals surface area contributed by atoms with Crippen LogP contribution >= 0.6 is 0 Å². The van der Waals surface area contributed by atoms with Gasteiger partial charge in [0, 0.05) is 32.8 Å². The Morgan fingerprint density at radius 1 is 0.625 bits per heavy atom. The van der Waals surface area contributed by atoms with Gasteiger partial charge in [-0.25, -0.2) is 9.98 Å². The van der Waals surface area contributed by atoms with Gasteiger partial charge in [0.15, 0.2) is 5.84 Å². The van der Waals surface area contributed by atoms with Crippen molar-refractivity contribution in [3.63, 3.8) is 0 Å². The van der Waals surface area contributed by atoms with E-state index in [-0.39, 0.29) is 12.0 Å². The van der Waals surface area contributed by atoms with Crippen LogP contribution in [0, 0.1) is 20.8 Å². The summed E-state index contributed by atoms with van der Waals surface area (Å²) in [4.78, 5) is 9.97. The molecule has 0 saturated carbocycles. The molecular formula is C49H37F3N4. The number of aromatic nitrogens is 1. The average molecular weight is 739 g/mol. The number of hydrogen-bond acceptors (Lipinski definition) is 3. The van der Waals surface area contributed by atoms with Gasteiger partial charge in [-0.15, -0.1) is 0 Å². The third kappa shape index (κ3) is 6.25. The number of alkyl halides is 3. The van der Waals surface area contributed by atoms with Crippen molar-refractivity contribution < 1.29 is 13.2 Å². The lowest BCUT2D eigenvalue weighted by atomic mass is 9.93. The summed E-state index contributed by atoms with van der Waals surface area (Å²) in [5, 5.41) is 6.59. The summed E-state index contributed by atoms with van der Waals surface area (Å²) in [5.74, 6) is 1.42. The lowest BCUT2D eigenvalue weighted by Gasteiger charge is -2.20. The van der Waals surface area contributed by atoms with Crippen LogP contribution in [0.15, 0.2) is 167 Å². The Bertz CT molecular complexity index is 2940. The molecule has 7 aromatic rings. The number of rotatable bonds is 4. The number of benzene rings is 6.